The van der Waals surface area contributed by atoms with Crippen molar-refractivity contribution in [2.75, 3.05) is 33.8 Å². The van der Waals surface area contributed by atoms with Gasteiger partial charge in [0.25, 0.3) is 0 Å². The van der Waals surface area contributed by atoms with Gasteiger partial charge in [0.15, 0.2) is 0 Å². The Morgan fingerprint density at radius 3 is 2.65 bits per heavy atom. The molecule has 0 heterocycles. The number of unbranched alkanes of at least 4 members (excludes halogenated alkanes) is 1. The maximum atomic E-state index is 5.53. The Labute approximate surface area is 124 Å². The van der Waals surface area contributed by atoms with E-state index in [0.717, 1.165) is 25.4 Å². The maximum Gasteiger partial charge on any atom is 0.123 e. The van der Waals surface area contributed by atoms with Crippen molar-refractivity contribution in [1.29, 1.82) is 0 Å². The van der Waals surface area contributed by atoms with Gasteiger partial charge in [0.05, 0.1) is 7.11 Å². The summed E-state index contributed by atoms with van der Waals surface area (Å²) >= 11 is 0. The van der Waals surface area contributed by atoms with Gasteiger partial charge in [-0.05, 0) is 39.5 Å². The lowest BCUT2D eigenvalue weighted by Gasteiger charge is -2.26. The van der Waals surface area contributed by atoms with Crippen molar-refractivity contribution >= 4 is 0 Å². The molecule has 1 aromatic rings. The first-order chi connectivity index (χ1) is 9.62. The molecule has 0 saturated heterocycles. The lowest BCUT2D eigenvalue weighted by Crippen LogP contribution is -2.33. The van der Waals surface area contributed by atoms with E-state index in [1.165, 1.54) is 24.0 Å². The van der Waals surface area contributed by atoms with Crippen molar-refractivity contribution < 1.29 is 4.74 Å². The van der Waals surface area contributed by atoms with E-state index >= 15 is 0 Å². The number of methoxy groups -OCH3 is 1. The largest absolute Gasteiger partial charge is 0.496 e. The summed E-state index contributed by atoms with van der Waals surface area (Å²) in [5.74, 6) is 0.977. The van der Waals surface area contributed by atoms with Crippen LogP contribution in [0.5, 0.6) is 5.75 Å². The van der Waals surface area contributed by atoms with Crippen molar-refractivity contribution in [3.63, 3.8) is 0 Å². The highest BCUT2D eigenvalue weighted by Gasteiger charge is 2.17. The third kappa shape index (κ3) is 5.14. The Hall–Kier alpha value is -1.06. The van der Waals surface area contributed by atoms with Crippen molar-refractivity contribution in [3.05, 3.63) is 29.3 Å². The average Bonchev–Trinajstić information content (AvgIpc) is 2.44. The number of ether oxygens (including phenoxy) is 1. The molecule has 0 aliphatic rings. The monoisotopic (exact) mass is 278 g/mol. The molecule has 0 aliphatic carbocycles. The molecule has 1 rings (SSSR count). The number of likely N-dealkylation sites (N-methyl/N-ethyl adjacent to an activating group) is 2. The van der Waals surface area contributed by atoms with E-state index in [2.05, 4.69) is 56.2 Å². The molecule has 3 nitrogen and oxygen atoms in total. The molecular weight excluding hydrogens is 248 g/mol. The molecule has 1 aromatic carbocycles. The van der Waals surface area contributed by atoms with Crippen LogP contribution in [-0.2, 0) is 0 Å². The Bertz CT molecular complexity index is 393. The van der Waals surface area contributed by atoms with Crippen LogP contribution in [0.2, 0.25) is 0 Å². The van der Waals surface area contributed by atoms with Crippen LogP contribution >= 0.6 is 0 Å². The maximum absolute atomic E-state index is 5.53. The highest BCUT2D eigenvalue weighted by Crippen LogP contribution is 2.27. The zero-order valence-corrected chi connectivity index (χ0v) is 13.7. The van der Waals surface area contributed by atoms with E-state index in [1.807, 2.05) is 0 Å². The highest BCUT2D eigenvalue weighted by atomic mass is 16.5. The van der Waals surface area contributed by atoms with Crippen LogP contribution < -0.4 is 10.1 Å². The van der Waals surface area contributed by atoms with Crippen molar-refractivity contribution in [3.8, 4) is 5.75 Å². The molecule has 1 unspecified atom stereocenters. The van der Waals surface area contributed by atoms with Gasteiger partial charge in [-0.1, -0.05) is 38.0 Å². The number of hydrogen-bond acceptors (Lipinski definition) is 3. The molecule has 3 heteroatoms. The predicted molar refractivity (Wildman–Crippen MR) is 86.6 cm³/mol. The Morgan fingerprint density at radius 2 is 2.05 bits per heavy atom. The topological polar surface area (TPSA) is 24.5 Å². The molecular formula is C17H30N2O. The first-order valence-corrected chi connectivity index (χ1v) is 7.68. The van der Waals surface area contributed by atoms with E-state index in [4.69, 9.17) is 4.74 Å². The lowest BCUT2D eigenvalue weighted by molar-refractivity contribution is 0.283. The van der Waals surface area contributed by atoms with Gasteiger partial charge in [-0.25, -0.2) is 0 Å². The zero-order valence-electron chi connectivity index (χ0n) is 13.7. The summed E-state index contributed by atoms with van der Waals surface area (Å²) in [4.78, 5) is 2.40. The molecule has 0 amide bonds. The van der Waals surface area contributed by atoms with Gasteiger partial charge in [0.1, 0.15) is 5.75 Å². The van der Waals surface area contributed by atoms with E-state index in [0.29, 0.717) is 6.04 Å². The minimum absolute atomic E-state index is 0.316. The second kappa shape index (κ2) is 8.98. The summed E-state index contributed by atoms with van der Waals surface area (Å²) in [5, 5.41) is 3.59. The van der Waals surface area contributed by atoms with Crippen LogP contribution in [0.4, 0.5) is 0 Å². The summed E-state index contributed by atoms with van der Waals surface area (Å²) in [6.07, 6.45) is 2.49. The van der Waals surface area contributed by atoms with Gasteiger partial charge in [0.2, 0.25) is 0 Å². The normalized spacial score (nSPS) is 12.7. The first kappa shape index (κ1) is 17.0. The quantitative estimate of drug-likeness (QED) is 0.749. The van der Waals surface area contributed by atoms with Gasteiger partial charge in [-0.3, -0.25) is 0 Å². The van der Waals surface area contributed by atoms with Crippen molar-refractivity contribution in [2.45, 2.75) is 39.7 Å². The molecule has 20 heavy (non-hydrogen) atoms. The summed E-state index contributed by atoms with van der Waals surface area (Å²) in [5.41, 5.74) is 2.54. The fourth-order valence-corrected chi connectivity index (χ4v) is 2.48. The van der Waals surface area contributed by atoms with Gasteiger partial charge in [-0.15, -0.1) is 0 Å². The first-order valence-electron chi connectivity index (χ1n) is 7.68. The molecule has 0 aromatic heterocycles. The van der Waals surface area contributed by atoms with Crippen LogP contribution in [-0.4, -0.2) is 38.7 Å². The average molecular weight is 278 g/mol. The number of rotatable bonds is 9. The number of hydrogen-bond donors (Lipinski definition) is 1. The number of nitrogens with zero attached hydrogens (tertiary/aromatic N) is 1. The van der Waals surface area contributed by atoms with Crippen LogP contribution in [0.25, 0.3) is 0 Å². The fourth-order valence-electron chi connectivity index (χ4n) is 2.48. The number of benzene rings is 1. The lowest BCUT2D eigenvalue weighted by atomic mass is 10.0. The fraction of sp³-hybridized carbons (Fsp3) is 0.647. The minimum atomic E-state index is 0.316. The van der Waals surface area contributed by atoms with Crippen molar-refractivity contribution in [1.82, 2.24) is 10.2 Å². The molecule has 114 valence electrons. The second-order valence-electron chi connectivity index (χ2n) is 5.47. The predicted octanol–water partition coefficient (Wildman–Crippen LogP) is 3.39. The molecule has 1 atom stereocenters. The smallest absolute Gasteiger partial charge is 0.123 e. The van der Waals surface area contributed by atoms with Gasteiger partial charge >= 0.3 is 0 Å². The third-order valence-corrected chi connectivity index (χ3v) is 3.60. The van der Waals surface area contributed by atoms with Crippen LogP contribution in [0.3, 0.4) is 0 Å². The highest BCUT2D eigenvalue weighted by molar-refractivity contribution is 5.39. The van der Waals surface area contributed by atoms with Crippen LogP contribution in [0.1, 0.15) is 43.9 Å². The minimum Gasteiger partial charge on any atom is -0.496 e. The number of aryl methyl sites for hydroxylation is 1. The van der Waals surface area contributed by atoms with E-state index in [9.17, 15) is 0 Å². The third-order valence-electron chi connectivity index (χ3n) is 3.60. The number of nitrogens with one attached hydrogen (secondary N) is 1. The standard InChI is InChI=1S/C17H30N2O/c1-6-8-11-19(4)13-16(18-7-2)15-12-14(3)9-10-17(15)20-5/h9-10,12,16,18H,6-8,11,13H2,1-5H3. The summed E-state index contributed by atoms with van der Waals surface area (Å²) in [6, 6.07) is 6.73. The molecule has 0 spiro atoms. The SMILES string of the molecule is CCCCN(C)CC(NCC)c1cc(C)ccc1OC. The summed E-state index contributed by atoms with van der Waals surface area (Å²) in [7, 11) is 3.94. The zero-order chi connectivity index (χ0) is 15.0. The van der Waals surface area contributed by atoms with Crippen molar-refractivity contribution in [2.24, 2.45) is 0 Å². The molecule has 0 radical (unpaired) electrons. The summed E-state index contributed by atoms with van der Waals surface area (Å²) in [6.45, 7) is 9.64. The second-order valence-corrected chi connectivity index (χ2v) is 5.47. The van der Waals surface area contributed by atoms with Crippen LogP contribution in [0, 0.1) is 6.92 Å². The van der Waals surface area contributed by atoms with E-state index < -0.39 is 0 Å². The molecule has 0 fully saturated rings. The van der Waals surface area contributed by atoms with Gasteiger partial charge in [0, 0.05) is 18.2 Å². The molecule has 1 N–H and O–H groups in total. The molecule has 0 bridgehead atoms. The van der Waals surface area contributed by atoms with E-state index in [1.54, 1.807) is 7.11 Å². The Morgan fingerprint density at radius 1 is 1.30 bits per heavy atom. The Kier molecular flexibility index (Phi) is 7.63. The van der Waals surface area contributed by atoms with Gasteiger partial charge < -0.3 is 15.0 Å². The Balaban J connectivity index is 2.86. The van der Waals surface area contributed by atoms with Crippen LogP contribution in [0.15, 0.2) is 18.2 Å². The molecule has 0 saturated carbocycles. The molecule has 0 aliphatic heterocycles. The van der Waals surface area contributed by atoms with E-state index in [-0.39, 0.29) is 0 Å². The van der Waals surface area contributed by atoms with Gasteiger partial charge in [-0.2, -0.15) is 0 Å². The summed E-state index contributed by atoms with van der Waals surface area (Å²) < 4.78 is 5.53.